The molecular weight excluding hydrogens is 1030 g/mol. The van der Waals surface area contributed by atoms with Crippen molar-refractivity contribution in [3.8, 4) is 0 Å². The molecule has 11 saturated heterocycles. The van der Waals surface area contributed by atoms with Gasteiger partial charge in [0.2, 0.25) is 0 Å². The van der Waals surface area contributed by atoms with E-state index >= 15 is 0 Å². The average molecular weight is 1170 g/mol. The van der Waals surface area contributed by atoms with E-state index in [0.717, 1.165) is 108 Å². The van der Waals surface area contributed by atoms with Gasteiger partial charge in [-0.3, -0.25) is 0 Å². The van der Waals surface area contributed by atoms with Gasteiger partial charge in [-0.25, -0.2) is 0 Å². The van der Waals surface area contributed by atoms with Gasteiger partial charge >= 0.3 is 0 Å². The minimum absolute atomic E-state index is 0.0417. The van der Waals surface area contributed by atoms with Gasteiger partial charge < -0.3 is 115 Å². The minimum atomic E-state index is -0.319. The Morgan fingerprint density at radius 2 is 0.720 bits per heavy atom. The monoisotopic (exact) mass is 1170 g/mol. The summed E-state index contributed by atoms with van der Waals surface area (Å²) in [6.45, 7) is 22.0. The van der Waals surface area contributed by atoms with Crippen LogP contribution in [-0.2, 0) is 0 Å². The highest BCUT2D eigenvalue weighted by Crippen LogP contribution is 2.19. The lowest BCUT2D eigenvalue weighted by Crippen LogP contribution is -2.51. The predicted octanol–water partition coefficient (Wildman–Crippen LogP) is -0.539. The van der Waals surface area contributed by atoms with Crippen molar-refractivity contribution in [3.05, 3.63) is 0 Å². The predicted molar refractivity (Wildman–Crippen MR) is 349 cm³/mol. The summed E-state index contributed by atoms with van der Waals surface area (Å²) in [5, 5.41) is 45.8. The Morgan fingerprint density at radius 3 is 0.963 bits per heavy atom. The number of rotatable bonds is 7. The highest BCUT2D eigenvalue weighted by Gasteiger charge is 2.27. The van der Waals surface area contributed by atoms with Gasteiger partial charge in [-0.2, -0.15) is 0 Å². The smallest absolute Gasteiger partial charge is 0.0827 e. The maximum atomic E-state index is 8.81. The van der Waals surface area contributed by atoms with Gasteiger partial charge in [0.05, 0.1) is 6.10 Å². The lowest BCUT2D eigenvalue weighted by Gasteiger charge is -2.34. The van der Waals surface area contributed by atoms with Gasteiger partial charge in [0.15, 0.2) is 0 Å². The van der Waals surface area contributed by atoms with Gasteiger partial charge in [0.1, 0.15) is 0 Å². The molecule has 0 bridgehead atoms. The molecule has 0 amide bonds. The highest BCUT2D eigenvalue weighted by molar-refractivity contribution is 4.90. The van der Waals surface area contributed by atoms with Gasteiger partial charge in [0.25, 0.3) is 0 Å². The molecule has 1 aliphatic carbocycles. The van der Waals surface area contributed by atoms with Crippen LogP contribution in [0.15, 0.2) is 0 Å². The number of aliphatic hydroxyl groups excluding tert-OH is 1. The van der Waals surface area contributed by atoms with Crippen LogP contribution in [0.25, 0.3) is 0 Å². The van der Waals surface area contributed by atoms with Crippen LogP contribution in [0.2, 0.25) is 0 Å². The Labute approximate surface area is 502 Å². The van der Waals surface area contributed by atoms with Gasteiger partial charge in [-0.15, -0.1) is 0 Å². The van der Waals surface area contributed by atoms with E-state index in [9.17, 15) is 0 Å². The molecule has 12 aliphatic rings. The summed E-state index contributed by atoms with van der Waals surface area (Å²) in [5.74, 6) is 0.764. The first-order valence-electron chi connectivity index (χ1n) is 34.2. The maximum Gasteiger partial charge on any atom is 0.0827 e. The lowest BCUT2D eigenvalue weighted by molar-refractivity contribution is 0.179. The lowest BCUT2D eigenvalue weighted by atomic mass is 9.92. The zero-order valence-corrected chi connectivity index (χ0v) is 52.8. The summed E-state index contributed by atoms with van der Waals surface area (Å²) in [4.78, 5) is 0. The molecule has 30 N–H and O–H groups in total. The van der Waals surface area contributed by atoms with Crippen molar-refractivity contribution in [1.82, 2.24) is 58.5 Å². The average Bonchev–Trinajstić information content (AvgIpc) is 4.38. The Balaban J connectivity index is 0.000000240. The molecule has 12 fully saturated rings. The van der Waals surface area contributed by atoms with Crippen LogP contribution in [-0.4, -0.2) is 207 Å². The van der Waals surface area contributed by atoms with Crippen LogP contribution in [0.4, 0.5) is 0 Å². The highest BCUT2D eigenvalue weighted by atomic mass is 16.3. The zero-order valence-electron chi connectivity index (χ0n) is 52.8. The molecule has 488 valence electrons. The fourth-order valence-corrected chi connectivity index (χ4v) is 12.6. The van der Waals surface area contributed by atoms with E-state index in [0.29, 0.717) is 48.8 Å². The summed E-state index contributed by atoms with van der Waals surface area (Å²) in [5.41, 5.74) is 49.7. The van der Waals surface area contributed by atoms with Gasteiger partial charge in [-0.1, -0.05) is 38.5 Å². The summed E-state index contributed by atoms with van der Waals surface area (Å²) in [6, 6.07) is 7.17. The fraction of sp³-hybridized carbons (Fsp3) is 1.00. The maximum absolute atomic E-state index is 8.81. The quantitative estimate of drug-likeness (QED) is 0.152. The number of hydrogen-bond acceptors (Lipinski definition) is 21. The molecule has 16 unspecified atom stereocenters. The molecule has 1 saturated carbocycles. The molecule has 11 heterocycles. The SMILES string of the molecule is C1CCC(C2CCCCN2)NC1.C1CNC(C2CCCN2)C1.CC(N)C1CCCCN1.CC(N)C1CCCN1.NC1CCCCC1N.NC1CCNC1.NC1CNCC1O.NCC1CCCCN1.NCC1CCCN1.NCC1CCNC1. The summed E-state index contributed by atoms with van der Waals surface area (Å²) in [7, 11) is 0. The van der Waals surface area contributed by atoms with E-state index in [4.69, 9.17) is 56.7 Å². The normalized spacial score (nSPS) is 35.6. The summed E-state index contributed by atoms with van der Waals surface area (Å²) in [6.07, 6.45) is 33.8. The minimum Gasteiger partial charge on any atom is -0.390 e. The van der Waals surface area contributed by atoms with E-state index in [1.54, 1.807) is 0 Å². The second-order valence-electron chi connectivity index (χ2n) is 25.8. The molecule has 21 nitrogen and oxygen atoms in total. The van der Waals surface area contributed by atoms with Crippen LogP contribution in [0.5, 0.6) is 0 Å². The first-order valence-corrected chi connectivity index (χ1v) is 34.2. The fourth-order valence-electron chi connectivity index (χ4n) is 12.6. The standard InChI is InChI=1S/C10H20N2.C8H16N2.C7H16N2.3C6H14N2.2C5H12N2.C4H10N2O.C4H10N2/c1-3-7-11-9(5-1)10-6-2-4-8-12-10;1-3-7(9-5-1)8-4-2-6-10-8;1-6(8)7-4-2-3-5-9-7;1-5(7)6-3-2-4-8-6;7-5-6-3-1-2-4-8-6;7-5-3-1-2-4-6(5)8;6-3-5-1-2-7-4-5;6-4-5-2-1-3-7-5;5-3-1-6-2-4(3)7;5-4-1-2-6-3-4/h9-12H,1-8H2;7-10H,1-6H2;6-7,9H,2-5,8H2,1H3;5-6,8H,2-4,7H2,1H3;6,8H,1-5,7H2;5-6H,1-4,7-8H2;2*5,7H,1-4,6H2;3-4,6-7H,1-2,5H2;4,6H,1-3,5H2. The molecule has 82 heavy (non-hydrogen) atoms. The van der Waals surface area contributed by atoms with E-state index in [-0.39, 0.29) is 24.2 Å². The third-order valence-electron chi connectivity index (χ3n) is 18.4. The molecule has 21 heteroatoms. The molecule has 0 spiro atoms. The molecule has 16 atom stereocenters. The van der Waals surface area contributed by atoms with E-state index in [1.807, 2.05) is 0 Å². The van der Waals surface area contributed by atoms with E-state index < -0.39 is 0 Å². The van der Waals surface area contributed by atoms with Crippen molar-refractivity contribution in [2.75, 3.05) is 111 Å². The molecular formula is C61H138N20O. The topological polar surface area (TPSA) is 387 Å². The number of β-amino-alcohol motifs (C(OH)–C–C–N with tert-alkyl or cyclic N) is 1. The molecule has 12 rings (SSSR count). The number of piperidine rings is 4. The second kappa shape index (κ2) is 49.1. The van der Waals surface area contributed by atoms with Crippen molar-refractivity contribution < 1.29 is 5.11 Å². The first kappa shape index (κ1) is 75.4. The Kier molecular flexibility index (Phi) is 45.1. The third kappa shape index (κ3) is 35.8. The van der Waals surface area contributed by atoms with Crippen LogP contribution >= 0.6 is 0 Å². The molecule has 0 aromatic rings. The van der Waals surface area contributed by atoms with Crippen LogP contribution in [0, 0.1) is 5.92 Å². The van der Waals surface area contributed by atoms with Crippen molar-refractivity contribution >= 4 is 0 Å². The van der Waals surface area contributed by atoms with E-state index in [1.165, 1.54) is 193 Å². The van der Waals surface area contributed by atoms with Crippen molar-refractivity contribution in [3.63, 3.8) is 0 Å². The molecule has 0 aromatic carbocycles. The third-order valence-corrected chi connectivity index (χ3v) is 18.4. The van der Waals surface area contributed by atoms with Gasteiger partial charge in [-0.05, 0) is 227 Å². The van der Waals surface area contributed by atoms with Crippen molar-refractivity contribution in [2.24, 2.45) is 57.5 Å². The van der Waals surface area contributed by atoms with Crippen molar-refractivity contribution in [2.45, 2.75) is 271 Å². The molecule has 11 aliphatic heterocycles. The second-order valence-corrected chi connectivity index (χ2v) is 25.8. The van der Waals surface area contributed by atoms with Gasteiger partial charge in [0, 0.05) is 117 Å². The number of hydrogen-bond donors (Lipinski definition) is 21. The number of aliphatic hydroxyl groups is 1. The summed E-state index contributed by atoms with van der Waals surface area (Å²) >= 11 is 0. The first-order chi connectivity index (χ1) is 39.8. The largest absolute Gasteiger partial charge is 0.390 e. The Morgan fingerprint density at radius 1 is 0.341 bits per heavy atom. The van der Waals surface area contributed by atoms with E-state index in [2.05, 4.69) is 72.3 Å². The molecule has 0 radical (unpaired) electrons. The van der Waals surface area contributed by atoms with Crippen LogP contribution in [0.1, 0.15) is 181 Å². The number of nitrogens with one attached hydrogen (secondary N) is 11. The summed E-state index contributed by atoms with van der Waals surface area (Å²) < 4.78 is 0. The zero-order chi connectivity index (χ0) is 59.4. The number of nitrogens with two attached hydrogens (primary N) is 9. The van der Waals surface area contributed by atoms with Crippen LogP contribution < -0.4 is 110 Å². The Bertz CT molecular complexity index is 1300. The van der Waals surface area contributed by atoms with Crippen LogP contribution in [0.3, 0.4) is 0 Å². The molecule has 0 aromatic heterocycles. The van der Waals surface area contributed by atoms with Crippen molar-refractivity contribution in [1.29, 1.82) is 0 Å². The Hall–Kier alpha value is -0.840.